The van der Waals surface area contributed by atoms with Gasteiger partial charge in [0.05, 0.1) is 20.9 Å². The van der Waals surface area contributed by atoms with Crippen molar-refractivity contribution >= 4 is 45.7 Å². The van der Waals surface area contributed by atoms with Crippen LogP contribution in [0.5, 0.6) is 0 Å². The van der Waals surface area contributed by atoms with E-state index in [1.807, 2.05) is 0 Å². The van der Waals surface area contributed by atoms with E-state index in [-0.39, 0.29) is 11.0 Å². The molecule has 1 aromatic heterocycles. The van der Waals surface area contributed by atoms with Crippen LogP contribution in [0.3, 0.4) is 0 Å². The summed E-state index contributed by atoms with van der Waals surface area (Å²) in [6.45, 7) is 0. The lowest BCUT2D eigenvalue weighted by atomic mass is 10.2. The molecule has 0 atom stereocenters. The molecule has 0 unspecified atom stereocenters. The zero-order valence-corrected chi connectivity index (χ0v) is 12.1. The van der Waals surface area contributed by atoms with Gasteiger partial charge in [0.15, 0.2) is 5.82 Å². The highest BCUT2D eigenvalue weighted by molar-refractivity contribution is 6.44. The summed E-state index contributed by atoms with van der Waals surface area (Å²) in [5.41, 5.74) is 0.961. The van der Waals surface area contributed by atoms with Crippen molar-refractivity contribution in [3.05, 3.63) is 57.4 Å². The molecule has 3 aromatic rings. The Kier molecular flexibility index (Phi) is 3.50. The van der Waals surface area contributed by atoms with Crippen LogP contribution in [0.15, 0.2) is 36.4 Å². The van der Waals surface area contributed by atoms with E-state index in [1.165, 1.54) is 12.1 Å². The van der Waals surface area contributed by atoms with Gasteiger partial charge in [0.1, 0.15) is 11.0 Å². The minimum atomic E-state index is -0.375. The monoisotopic (exact) mass is 326 g/mol. The van der Waals surface area contributed by atoms with Crippen LogP contribution in [-0.2, 0) is 0 Å². The van der Waals surface area contributed by atoms with E-state index < -0.39 is 0 Å². The molecular formula is C14H6Cl3FN2. The Morgan fingerprint density at radius 1 is 0.900 bits per heavy atom. The quantitative estimate of drug-likeness (QED) is 0.560. The largest absolute Gasteiger partial charge is 0.226 e. The van der Waals surface area contributed by atoms with E-state index in [4.69, 9.17) is 34.8 Å². The van der Waals surface area contributed by atoms with Gasteiger partial charge in [-0.25, -0.2) is 14.4 Å². The number of benzene rings is 2. The van der Waals surface area contributed by atoms with Crippen LogP contribution in [0.4, 0.5) is 4.39 Å². The summed E-state index contributed by atoms with van der Waals surface area (Å²) in [5, 5.41) is 1.49. The van der Waals surface area contributed by atoms with Crippen LogP contribution in [0.25, 0.3) is 22.3 Å². The van der Waals surface area contributed by atoms with Crippen LogP contribution < -0.4 is 0 Å². The van der Waals surface area contributed by atoms with Crippen LogP contribution in [0.2, 0.25) is 15.2 Å². The summed E-state index contributed by atoms with van der Waals surface area (Å²) in [6.07, 6.45) is 0. The molecule has 0 fully saturated rings. The highest BCUT2D eigenvalue weighted by atomic mass is 35.5. The fourth-order valence-electron chi connectivity index (χ4n) is 1.88. The van der Waals surface area contributed by atoms with Crippen molar-refractivity contribution in [2.45, 2.75) is 0 Å². The number of fused-ring (bicyclic) bond motifs is 1. The molecular weight excluding hydrogens is 322 g/mol. The molecule has 0 amide bonds. The normalized spacial score (nSPS) is 11.0. The Balaban J connectivity index is 2.32. The van der Waals surface area contributed by atoms with Crippen molar-refractivity contribution in [2.75, 3.05) is 0 Å². The average molecular weight is 328 g/mol. The zero-order chi connectivity index (χ0) is 14.3. The summed E-state index contributed by atoms with van der Waals surface area (Å²) in [5.74, 6) is -0.0781. The topological polar surface area (TPSA) is 25.8 Å². The van der Waals surface area contributed by atoms with Gasteiger partial charge < -0.3 is 0 Å². The minimum Gasteiger partial charge on any atom is -0.226 e. The highest BCUT2D eigenvalue weighted by Gasteiger charge is 2.13. The number of nitrogens with zero attached hydrogens (tertiary/aromatic N) is 2. The molecule has 0 N–H and O–H groups in total. The Hall–Kier alpha value is -1.42. The zero-order valence-electron chi connectivity index (χ0n) is 9.87. The molecule has 2 nitrogen and oxygen atoms in total. The Morgan fingerprint density at radius 3 is 2.40 bits per heavy atom. The molecule has 6 heteroatoms. The molecule has 20 heavy (non-hydrogen) atoms. The molecule has 1 heterocycles. The smallest absolute Gasteiger partial charge is 0.161 e. The first kappa shape index (κ1) is 13.6. The molecule has 0 radical (unpaired) electrons. The lowest BCUT2D eigenvalue weighted by Crippen LogP contribution is -1.93. The minimum absolute atomic E-state index is 0.182. The lowest BCUT2D eigenvalue weighted by Gasteiger charge is -2.07. The maximum absolute atomic E-state index is 13.3. The first-order valence-electron chi connectivity index (χ1n) is 5.63. The van der Waals surface area contributed by atoms with E-state index in [0.717, 1.165) is 0 Å². The third kappa shape index (κ3) is 2.33. The maximum atomic E-state index is 13.3. The van der Waals surface area contributed by atoms with Gasteiger partial charge in [-0.3, -0.25) is 0 Å². The van der Waals surface area contributed by atoms with Gasteiger partial charge in [-0.15, -0.1) is 0 Å². The van der Waals surface area contributed by atoms with Crippen molar-refractivity contribution in [3.8, 4) is 11.4 Å². The second-order valence-corrected chi connectivity index (χ2v) is 5.27. The van der Waals surface area contributed by atoms with E-state index in [9.17, 15) is 4.39 Å². The highest BCUT2D eigenvalue weighted by Crippen LogP contribution is 2.34. The molecule has 100 valence electrons. The number of aromatic nitrogens is 2. The lowest BCUT2D eigenvalue weighted by molar-refractivity contribution is 0.628. The van der Waals surface area contributed by atoms with E-state index >= 15 is 0 Å². The molecule has 0 aliphatic rings. The van der Waals surface area contributed by atoms with Gasteiger partial charge in [-0.2, -0.15) is 0 Å². The summed E-state index contributed by atoms with van der Waals surface area (Å²) >= 11 is 18.3. The van der Waals surface area contributed by atoms with Gasteiger partial charge in [-0.1, -0.05) is 46.9 Å². The summed E-state index contributed by atoms with van der Waals surface area (Å²) in [4.78, 5) is 8.49. The molecule has 0 saturated heterocycles. The van der Waals surface area contributed by atoms with Gasteiger partial charge >= 0.3 is 0 Å². The van der Waals surface area contributed by atoms with Crippen LogP contribution in [-0.4, -0.2) is 9.97 Å². The van der Waals surface area contributed by atoms with Gasteiger partial charge in [0, 0.05) is 5.56 Å². The van der Waals surface area contributed by atoms with Crippen molar-refractivity contribution in [1.82, 2.24) is 9.97 Å². The molecule has 0 saturated carbocycles. The third-order valence-electron chi connectivity index (χ3n) is 2.79. The van der Waals surface area contributed by atoms with Gasteiger partial charge in [0.2, 0.25) is 0 Å². The average Bonchev–Trinajstić information content (AvgIpc) is 2.42. The van der Waals surface area contributed by atoms with Gasteiger partial charge in [-0.05, 0) is 24.3 Å². The van der Waals surface area contributed by atoms with Gasteiger partial charge in [0.25, 0.3) is 0 Å². The number of rotatable bonds is 1. The molecule has 0 aliphatic carbocycles. The second-order valence-electron chi connectivity index (χ2n) is 4.10. The van der Waals surface area contributed by atoms with Crippen molar-refractivity contribution < 1.29 is 4.39 Å². The fourth-order valence-corrected chi connectivity index (χ4v) is 2.64. The number of halogens is 4. The summed E-state index contributed by atoms with van der Waals surface area (Å²) in [7, 11) is 0. The predicted molar refractivity (Wildman–Crippen MR) is 80.0 cm³/mol. The Morgan fingerprint density at radius 2 is 1.65 bits per heavy atom. The second kappa shape index (κ2) is 5.17. The van der Waals surface area contributed by atoms with Crippen LogP contribution >= 0.6 is 34.8 Å². The van der Waals surface area contributed by atoms with E-state index in [0.29, 0.717) is 32.3 Å². The number of hydrogen-bond acceptors (Lipinski definition) is 2. The Labute approximate surface area is 129 Å². The molecule has 0 aliphatic heterocycles. The SMILES string of the molecule is Fc1cccc(-c2nc(Cl)c3c(Cl)ccc(Cl)c3n2)c1. The Bertz CT molecular complexity index is 821. The molecule has 0 spiro atoms. The van der Waals surface area contributed by atoms with Crippen LogP contribution in [0.1, 0.15) is 0 Å². The van der Waals surface area contributed by atoms with Crippen molar-refractivity contribution in [3.63, 3.8) is 0 Å². The summed E-state index contributed by atoms with van der Waals surface area (Å²) < 4.78 is 13.3. The fraction of sp³-hybridized carbons (Fsp3) is 0. The first-order chi connectivity index (χ1) is 9.56. The van der Waals surface area contributed by atoms with Crippen molar-refractivity contribution in [1.29, 1.82) is 0 Å². The number of hydrogen-bond donors (Lipinski definition) is 0. The van der Waals surface area contributed by atoms with E-state index in [2.05, 4.69) is 9.97 Å². The van der Waals surface area contributed by atoms with E-state index in [1.54, 1.807) is 24.3 Å². The molecule has 3 rings (SSSR count). The summed E-state index contributed by atoms with van der Waals surface area (Å²) in [6, 6.07) is 9.20. The predicted octanol–water partition coefficient (Wildman–Crippen LogP) is 5.40. The maximum Gasteiger partial charge on any atom is 0.161 e. The third-order valence-corrected chi connectivity index (χ3v) is 3.68. The van der Waals surface area contributed by atoms with Crippen molar-refractivity contribution in [2.24, 2.45) is 0 Å². The van der Waals surface area contributed by atoms with Crippen LogP contribution in [0, 0.1) is 5.82 Å². The standard InChI is InChI=1S/C14H6Cl3FN2/c15-9-4-5-10(16)12-11(9)13(17)20-14(19-12)7-2-1-3-8(18)6-7/h1-6H. The molecule has 2 aromatic carbocycles. The first-order valence-corrected chi connectivity index (χ1v) is 6.77. The molecule has 0 bridgehead atoms.